The van der Waals surface area contributed by atoms with Gasteiger partial charge in [0.2, 0.25) is 6.23 Å². The molecule has 0 aromatic heterocycles. The Kier molecular flexibility index (Phi) is 8.62. The molecule has 0 aliphatic carbocycles. The highest BCUT2D eigenvalue weighted by atomic mass is 19.4. The van der Waals surface area contributed by atoms with E-state index in [0.29, 0.717) is 18.7 Å². The SMILES string of the molecule is CNC(NC(O)C(F)(F)F)c1ccc(C(NC[C@H]2COCCN2C)OC)cc1. The van der Waals surface area contributed by atoms with E-state index < -0.39 is 18.6 Å². The maximum Gasteiger partial charge on any atom is 0.428 e. The number of aliphatic hydroxyl groups excluding tert-OH is 1. The van der Waals surface area contributed by atoms with Gasteiger partial charge in [-0.3, -0.25) is 15.5 Å². The fourth-order valence-corrected chi connectivity index (χ4v) is 2.99. The molecule has 1 saturated heterocycles. The van der Waals surface area contributed by atoms with E-state index in [1.165, 1.54) is 7.05 Å². The molecule has 1 aliphatic heterocycles. The number of morpholine rings is 1. The Morgan fingerprint density at radius 3 is 2.46 bits per heavy atom. The van der Waals surface area contributed by atoms with Gasteiger partial charge in [0.15, 0.2) is 0 Å². The highest BCUT2D eigenvalue weighted by Gasteiger charge is 2.39. The summed E-state index contributed by atoms with van der Waals surface area (Å²) in [4.78, 5) is 2.22. The topological polar surface area (TPSA) is 78.0 Å². The van der Waals surface area contributed by atoms with Crippen LogP contribution in [0.25, 0.3) is 0 Å². The molecular weight excluding hydrogens is 377 g/mol. The molecule has 28 heavy (non-hydrogen) atoms. The number of methoxy groups -OCH3 is 1. The first kappa shape index (κ1) is 23.0. The van der Waals surface area contributed by atoms with E-state index in [0.717, 1.165) is 18.7 Å². The molecule has 1 aromatic carbocycles. The van der Waals surface area contributed by atoms with Gasteiger partial charge in [-0.15, -0.1) is 0 Å². The van der Waals surface area contributed by atoms with Gasteiger partial charge in [0.25, 0.3) is 0 Å². The normalized spacial score (nSPS) is 22.0. The predicted molar refractivity (Wildman–Crippen MR) is 98.4 cm³/mol. The van der Waals surface area contributed by atoms with Crippen molar-refractivity contribution in [2.75, 3.05) is 47.5 Å². The Balaban J connectivity index is 1.98. The quantitative estimate of drug-likeness (QED) is 0.455. The first-order valence-electron chi connectivity index (χ1n) is 9.08. The third-order valence-electron chi connectivity index (χ3n) is 4.79. The van der Waals surface area contributed by atoms with Crippen molar-refractivity contribution in [1.29, 1.82) is 0 Å². The predicted octanol–water partition coefficient (Wildman–Crippen LogP) is 0.940. The van der Waals surface area contributed by atoms with E-state index in [4.69, 9.17) is 9.47 Å². The number of nitrogens with zero attached hydrogens (tertiary/aromatic N) is 1. The third-order valence-corrected chi connectivity index (χ3v) is 4.79. The molecule has 0 spiro atoms. The lowest BCUT2D eigenvalue weighted by atomic mass is 10.1. The van der Waals surface area contributed by atoms with Crippen LogP contribution >= 0.6 is 0 Å². The average Bonchev–Trinajstić information content (AvgIpc) is 2.67. The Hall–Kier alpha value is -1.27. The number of halogens is 3. The zero-order chi connectivity index (χ0) is 20.7. The minimum absolute atomic E-state index is 0.243. The zero-order valence-electron chi connectivity index (χ0n) is 16.3. The highest BCUT2D eigenvalue weighted by Crippen LogP contribution is 2.22. The molecule has 0 radical (unpaired) electrons. The van der Waals surface area contributed by atoms with Crippen molar-refractivity contribution in [3.8, 4) is 0 Å². The van der Waals surface area contributed by atoms with E-state index in [9.17, 15) is 18.3 Å². The molecule has 1 aliphatic rings. The Bertz CT molecular complexity index is 588. The number of rotatable bonds is 9. The molecule has 160 valence electrons. The minimum Gasteiger partial charge on any atom is -0.378 e. The molecule has 1 fully saturated rings. The fourth-order valence-electron chi connectivity index (χ4n) is 2.99. The van der Waals surface area contributed by atoms with Crippen LogP contribution in [0.4, 0.5) is 13.2 Å². The number of likely N-dealkylation sites (N-methyl/N-ethyl adjacent to an activating group) is 1. The van der Waals surface area contributed by atoms with Crippen LogP contribution in [0.5, 0.6) is 0 Å². The lowest BCUT2D eigenvalue weighted by Gasteiger charge is -2.33. The summed E-state index contributed by atoms with van der Waals surface area (Å²) >= 11 is 0. The number of alkyl halides is 3. The number of aliphatic hydroxyl groups is 1. The van der Waals surface area contributed by atoms with Gasteiger partial charge in [0.1, 0.15) is 6.23 Å². The van der Waals surface area contributed by atoms with E-state index >= 15 is 0 Å². The second-order valence-electron chi connectivity index (χ2n) is 6.73. The molecule has 1 heterocycles. The van der Waals surface area contributed by atoms with Crippen LogP contribution in [0.3, 0.4) is 0 Å². The molecule has 1 aromatic rings. The first-order valence-corrected chi connectivity index (χ1v) is 9.08. The van der Waals surface area contributed by atoms with Crippen molar-refractivity contribution < 1.29 is 27.8 Å². The number of hydrogen-bond donors (Lipinski definition) is 4. The summed E-state index contributed by atoms with van der Waals surface area (Å²) in [6, 6.07) is 7.19. The molecule has 3 unspecified atom stereocenters. The summed E-state index contributed by atoms with van der Waals surface area (Å²) < 4.78 is 48.7. The van der Waals surface area contributed by atoms with Crippen molar-refractivity contribution in [2.45, 2.75) is 30.8 Å². The van der Waals surface area contributed by atoms with Gasteiger partial charge in [-0.25, -0.2) is 0 Å². The molecule has 2 rings (SSSR count). The van der Waals surface area contributed by atoms with Gasteiger partial charge < -0.3 is 19.9 Å². The summed E-state index contributed by atoms with van der Waals surface area (Å²) in [6.07, 6.45) is -8.57. The Labute approximate surface area is 163 Å². The second kappa shape index (κ2) is 10.5. The van der Waals surface area contributed by atoms with Crippen LogP contribution in [-0.2, 0) is 9.47 Å². The van der Waals surface area contributed by atoms with Crippen LogP contribution in [-0.4, -0.2) is 76.0 Å². The molecule has 4 atom stereocenters. The van der Waals surface area contributed by atoms with Crippen molar-refractivity contribution in [1.82, 2.24) is 20.9 Å². The monoisotopic (exact) mass is 406 g/mol. The van der Waals surface area contributed by atoms with E-state index in [-0.39, 0.29) is 12.3 Å². The molecule has 0 saturated carbocycles. The summed E-state index contributed by atoms with van der Waals surface area (Å²) in [5, 5.41) is 17.4. The van der Waals surface area contributed by atoms with Gasteiger partial charge in [0, 0.05) is 26.2 Å². The molecule has 0 bridgehead atoms. The average molecular weight is 406 g/mol. The highest BCUT2D eigenvalue weighted by molar-refractivity contribution is 5.26. The second-order valence-corrected chi connectivity index (χ2v) is 6.73. The van der Waals surface area contributed by atoms with Crippen LogP contribution in [0.15, 0.2) is 24.3 Å². The smallest absolute Gasteiger partial charge is 0.378 e. The summed E-state index contributed by atoms with van der Waals surface area (Å²) in [6.45, 7) is 2.93. The van der Waals surface area contributed by atoms with Gasteiger partial charge in [-0.1, -0.05) is 24.3 Å². The van der Waals surface area contributed by atoms with E-state index in [1.807, 2.05) is 7.05 Å². The van der Waals surface area contributed by atoms with E-state index in [1.54, 1.807) is 31.4 Å². The van der Waals surface area contributed by atoms with Crippen LogP contribution in [0.1, 0.15) is 23.5 Å². The van der Waals surface area contributed by atoms with Gasteiger partial charge in [-0.05, 0) is 25.2 Å². The molecular formula is C18H29F3N4O3. The van der Waals surface area contributed by atoms with Crippen molar-refractivity contribution in [3.05, 3.63) is 35.4 Å². The lowest BCUT2D eigenvalue weighted by Crippen LogP contribution is -2.48. The lowest BCUT2D eigenvalue weighted by molar-refractivity contribution is -0.216. The minimum atomic E-state index is -4.74. The molecule has 10 heteroatoms. The summed E-state index contributed by atoms with van der Waals surface area (Å²) in [5.41, 5.74) is 1.40. The zero-order valence-corrected chi connectivity index (χ0v) is 16.3. The Morgan fingerprint density at radius 2 is 1.93 bits per heavy atom. The van der Waals surface area contributed by atoms with Gasteiger partial charge in [0.05, 0.1) is 19.4 Å². The van der Waals surface area contributed by atoms with Gasteiger partial charge in [-0.2, -0.15) is 13.2 Å². The standard InChI is InChI=1S/C18H29F3N4O3/c1-22-15(24-17(26)18(19,20)21)12-4-6-13(7-5-12)16(27-3)23-10-14-11-28-9-8-25(14)2/h4-7,14-17,22-24,26H,8-11H2,1-3H3/t14-,15?,16?,17?/m0/s1. The van der Waals surface area contributed by atoms with E-state index in [2.05, 4.69) is 20.9 Å². The third kappa shape index (κ3) is 6.38. The fraction of sp³-hybridized carbons (Fsp3) is 0.667. The molecule has 4 N–H and O–H groups in total. The maximum atomic E-state index is 12.6. The number of hydrogen-bond acceptors (Lipinski definition) is 7. The number of benzene rings is 1. The molecule has 0 amide bonds. The van der Waals surface area contributed by atoms with Crippen molar-refractivity contribution >= 4 is 0 Å². The maximum absolute atomic E-state index is 12.6. The summed E-state index contributed by atoms with van der Waals surface area (Å²) in [7, 11) is 5.15. The first-order chi connectivity index (χ1) is 13.3. The largest absolute Gasteiger partial charge is 0.428 e. The van der Waals surface area contributed by atoms with Crippen molar-refractivity contribution in [3.63, 3.8) is 0 Å². The van der Waals surface area contributed by atoms with Crippen LogP contribution in [0.2, 0.25) is 0 Å². The summed E-state index contributed by atoms with van der Waals surface area (Å²) in [5.74, 6) is 0. The van der Waals surface area contributed by atoms with Crippen LogP contribution < -0.4 is 16.0 Å². The van der Waals surface area contributed by atoms with Crippen LogP contribution in [0, 0.1) is 0 Å². The van der Waals surface area contributed by atoms with Gasteiger partial charge >= 0.3 is 6.18 Å². The molecule has 7 nitrogen and oxygen atoms in total. The number of ether oxygens (including phenoxy) is 2. The van der Waals surface area contributed by atoms with Crippen molar-refractivity contribution in [2.24, 2.45) is 0 Å². The Morgan fingerprint density at radius 1 is 1.29 bits per heavy atom. The number of nitrogens with one attached hydrogen (secondary N) is 3.